The molecule has 2 aromatic carbocycles. The van der Waals surface area contributed by atoms with Crippen LogP contribution < -0.4 is 10.9 Å². The van der Waals surface area contributed by atoms with Crippen molar-refractivity contribution < 1.29 is 9.18 Å². The Balaban J connectivity index is 1.77. The van der Waals surface area contributed by atoms with Gasteiger partial charge in [0, 0.05) is 17.6 Å². The van der Waals surface area contributed by atoms with Gasteiger partial charge in [-0.3, -0.25) is 14.3 Å². The number of nitrogens with one attached hydrogen (secondary N) is 1. The summed E-state index contributed by atoms with van der Waals surface area (Å²) in [5, 5.41) is 11.8. The third kappa shape index (κ3) is 4.45. The van der Waals surface area contributed by atoms with E-state index in [0.29, 0.717) is 27.5 Å². The van der Waals surface area contributed by atoms with Crippen LogP contribution in [0.5, 0.6) is 0 Å². The summed E-state index contributed by atoms with van der Waals surface area (Å²) in [4.78, 5) is 26.2. The van der Waals surface area contributed by atoms with Gasteiger partial charge in [0.25, 0.3) is 11.5 Å². The molecule has 4 aromatic rings. The van der Waals surface area contributed by atoms with Gasteiger partial charge in [0.1, 0.15) is 17.1 Å². The molecule has 2 aromatic heterocycles. The lowest BCUT2D eigenvalue weighted by molar-refractivity contribution is 0.0937. The average Bonchev–Trinajstić information content (AvgIpc) is 3.20. The zero-order chi connectivity index (χ0) is 22.8. The molecule has 1 N–H and O–H groups in total. The quantitative estimate of drug-likeness (QED) is 0.498. The maximum atomic E-state index is 13.6. The summed E-state index contributed by atoms with van der Waals surface area (Å²) in [6.07, 6.45) is 3.11. The summed E-state index contributed by atoms with van der Waals surface area (Å²) >= 11 is 5.99. The van der Waals surface area contributed by atoms with Crippen molar-refractivity contribution in [2.24, 2.45) is 7.05 Å². The fourth-order valence-corrected chi connectivity index (χ4v) is 3.37. The largest absolute Gasteiger partial charge is 0.345 e. The highest BCUT2D eigenvalue weighted by Gasteiger charge is 2.20. The average molecular weight is 452 g/mol. The molecule has 0 aliphatic heterocycles. The molecular formula is C23H19ClFN5O2. The molecule has 32 heavy (non-hydrogen) atoms. The molecule has 9 heteroatoms. The van der Waals surface area contributed by atoms with Gasteiger partial charge in [0.15, 0.2) is 0 Å². The Bertz CT molecular complexity index is 1350. The van der Waals surface area contributed by atoms with Crippen molar-refractivity contribution in [3.05, 3.63) is 99.3 Å². The van der Waals surface area contributed by atoms with Gasteiger partial charge < -0.3 is 5.32 Å². The van der Waals surface area contributed by atoms with E-state index < -0.39 is 23.3 Å². The summed E-state index contributed by atoms with van der Waals surface area (Å²) in [5.41, 5.74) is 1.39. The van der Waals surface area contributed by atoms with Crippen molar-refractivity contribution in [3.63, 3.8) is 0 Å². The van der Waals surface area contributed by atoms with Crippen LogP contribution >= 0.6 is 11.6 Å². The van der Waals surface area contributed by atoms with Gasteiger partial charge in [-0.1, -0.05) is 35.9 Å². The van der Waals surface area contributed by atoms with E-state index >= 15 is 0 Å². The first kappa shape index (κ1) is 21.5. The molecule has 2 heterocycles. The lowest BCUT2D eigenvalue weighted by atomic mass is 10.1. The number of nitrogens with zero attached hydrogens (tertiary/aromatic N) is 4. The molecule has 4 rings (SSSR count). The second-order valence-electron chi connectivity index (χ2n) is 7.29. The molecule has 1 unspecified atom stereocenters. The first-order valence-electron chi connectivity index (χ1n) is 9.77. The summed E-state index contributed by atoms with van der Waals surface area (Å²) in [6.45, 7) is 1.72. The van der Waals surface area contributed by atoms with Crippen LogP contribution in [0.25, 0.3) is 16.9 Å². The van der Waals surface area contributed by atoms with Crippen LogP contribution in [0, 0.1) is 5.82 Å². The topological polar surface area (TPSA) is 81.8 Å². The van der Waals surface area contributed by atoms with E-state index in [9.17, 15) is 14.0 Å². The fourth-order valence-electron chi connectivity index (χ4n) is 3.25. The second-order valence-corrected chi connectivity index (χ2v) is 7.73. The van der Waals surface area contributed by atoms with E-state index in [2.05, 4.69) is 15.5 Å². The molecule has 0 saturated heterocycles. The standard InChI is InChI=1S/C23H19ClFN5O2/c1-14(16-4-3-5-18(25)10-16)27-22(31)20-11-21(15-6-8-17(24)9-7-15)28-30(23(20)32)19-12-26-29(2)13-19/h3-14H,1-2H3,(H,27,31). The highest BCUT2D eigenvalue weighted by Crippen LogP contribution is 2.21. The molecule has 0 fully saturated rings. The van der Waals surface area contributed by atoms with Gasteiger partial charge in [0.05, 0.1) is 24.1 Å². The van der Waals surface area contributed by atoms with E-state index in [0.717, 1.165) is 4.68 Å². The minimum absolute atomic E-state index is 0.0999. The molecule has 0 bridgehead atoms. The number of aromatic nitrogens is 4. The Morgan fingerprint density at radius 1 is 1.16 bits per heavy atom. The third-order valence-corrected chi connectivity index (χ3v) is 5.18. The molecular weight excluding hydrogens is 433 g/mol. The number of carbonyl (C=O) groups is 1. The summed E-state index contributed by atoms with van der Waals surface area (Å²) in [7, 11) is 1.71. The lowest BCUT2D eigenvalue weighted by Gasteiger charge is -2.15. The van der Waals surface area contributed by atoms with Crippen LogP contribution in [0.2, 0.25) is 5.02 Å². The van der Waals surface area contributed by atoms with E-state index in [1.165, 1.54) is 29.1 Å². The maximum Gasteiger partial charge on any atom is 0.284 e. The first-order valence-corrected chi connectivity index (χ1v) is 10.2. The molecule has 1 atom stereocenters. The number of rotatable bonds is 5. The van der Waals surface area contributed by atoms with Gasteiger partial charge in [-0.15, -0.1) is 0 Å². The molecule has 0 radical (unpaired) electrons. The minimum Gasteiger partial charge on any atom is -0.345 e. The number of hydrogen-bond acceptors (Lipinski definition) is 4. The van der Waals surface area contributed by atoms with Crippen molar-refractivity contribution in [3.8, 4) is 16.9 Å². The zero-order valence-corrected chi connectivity index (χ0v) is 18.0. The van der Waals surface area contributed by atoms with E-state index in [1.807, 2.05) is 0 Å². The lowest BCUT2D eigenvalue weighted by Crippen LogP contribution is -2.35. The van der Waals surface area contributed by atoms with Crippen molar-refractivity contribution in [1.29, 1.82) is 0 Å². The SMILES string of the molecule is CC(NC(=O)c1cc(-c2ccc(Cl)cc2)nn(-c2cnn(C)c2)c1=O)c1cccc(F)c1. The molecule has 162 valence electrons. The van der Waals surface area contributed by atoms with Crippen LogP contribution in [0.1, 0.15) is 28.9 Å². The number of benzene rings is 2. The van der Waals surface area contributed by atoms with Crippen LogP contribution in [-0.2, 0) is 7.05 Å². The predicted octanol–water partition coefficient (Wildman–Crippen LogP) is 3.92. The normalized spacial score (nSPS) is 11.9. The van der Waals surface area contributed by atoms with Crippen LogP contribution in [0.15, 0.2) is 71.8 Å². The Morgan fingerprint density at radius 3 is 2.56 bits per heavy atom. The monoisotopic (exact) mass is 451 g/mol. The van der Waals surface area contributed by atoms with Gasteiger partial charge in [-0.25, -0.2) is 4.39 Å². The Hall–Kier alpha value is -3.78. The second kappa shape index (κ2) is 8.76. The van der Waals surface area contributed by atoms with Gasteiger partial charge >= 0.3 is 0 Å². The zero-order valence-electron chi connectivity index (χ0n) is 17.3. The molecule has 0 aliphatic rings. The number of amides is 1. The number of aryl methyl sites for hydroxylation is 1. The summed E-state index contributed by atoms with van der Waals surface area (Å²) in [6, 6.07) is 13.7. The molecule has 7 nitrogen and oxygen atoms in total. The molecule has 1 amide bonds. The highest BCUT2D eigenvalue weighted by molar-refractivity contribution is 6.30. The third-order valence-electron chi connectivity index (χ3n) is 4.93. The number of halogens is 2. The van der Waals surface area contributed by atoms with Crippen LogP contribution in [-0.4, -0.2) is 25.5 Å². The van der Waals surface area contributed by atoms with Gasteiger partial charge in [-0.05, 0) is 42.8 Å². The number of hydrogen-bond donors (Lipinski definition) is 1. The van der Waals surface area contributed by atoms with Gasteiger partial charge in [-0.2, -0.15) is 14.9 Å². The summed E-state index contributed by atoms with van der Waals surface area (Å²) < 4.78 is 16.2. The van der Waals surface area contributed by atoms with Crippen molar-refractivity contribution >= 4 is 17.5 Å². The van der Waals surface area contributed by atoms with Crippen LogP contribution in [0.4, 0.5) is 4.39 Å². The maximum absolute atomic E-state index is 13.6. The van der Waals surface area contributed by atoms with E-state index in [1.54, 1.807) is 56.6 Å². The molecule has 0 spiro atoms. The first-order chi connectivity index (χ1) is 15.3. The van der Waals surface area contributed by atoms with Gasteiger partial charge in [0.2, 0.25) is 0 Å². The minimum atomic E-state index is -0.598. The number of carbonyl (C=O) groups excluding carboxylic acids is 1. The Labute approximate surface area is 188 Å². The predicted molar refractivity (Wildman–Crippen MR) is 119 cm³/mol. The fraction of sp³-hybridized carbons (Fsp3) is 0.130. The van der Waals surface area contributed by atoms with Crippen LogP contribution in [0.3, 0.4) is 0 Å². The smallest absolute Gasteiger partial charge is 0.284 e. The Morgan fingerprint density at radius 2 is 1.91 bits per heavy atom. The van der Waals surface area contributed by atoms with Crippen molar-refractivity contribution in [2.45, 2.75) is 13.0 Å². The van der Waals surface area contributed by atoms with E-state index in [4.69, 9.17) is 11.6 Å². The summed E-state index contributed by atoms with van der Waals surface area (Å²) in [5.74, 6) is -1.00. The van der Waals surface area contributed by atoms with Crippen molar-refractivity contribution in [1.82, 2.24) is 24.9 Å². The van der Waals surface area contributed by atoms with E-state index in [-0.39, 0.29) is 5.56 Å². The molecule has 0 aliphatic carbocycles. The van der Waals surface area contributed by atoms with Crippen molar-refractivity contribution in [2.75, 3.05) is 0 Å². The Kier molecular flexibility index (Phi) is 5.87. The highest BCUT2D eigenvalue weighted by atomic mass is 35.5. The molecule has 0 saturated carbocycles.